The molecule has 1 atom stereocenters. The highest BCUT2D eigenvalue weighted by Crippen LogP contribution is 2.29. The Hall–Kier alpha value is -3.14. The third-order valence-corrected chi connectivity index (χ3v) is 6.62. The third kappa shape index (κ3) is 8.51. The van der Waals surface area contributed by atoms with E-state index in [0.717, 1.165) is 6.26 Å². The van der Waals surface area contributed by atoms with Gasteiger partial charge in [0.1, 0.15) is 17.6 Å². The van der Waals surface area contributed by atoms with E-state index in [1.807, 2.05) is 20.8 Å². The number of methoxy groups -OCH3 is 1. The maximum atomic E-state index is 13.4. The molecule has 0 aliphatic carbocycles. The third-order valence-electron chi connectivity index (χ3n) is 5.44. The van der Waals surface area contributed by atoms with Crippen molar-refractivity contribution in [2.75, 3.05) is 24.2 Å². The monoisotopic (exact) mass is 521 g/mol. The molecular formula is C26H36FN3O5S. The molecule has 2 amide bonds. The van der Waals surface area contributed by atoms with Gasteiger partial charge in [0.2, 0.25) is 21.8 Å². The van der Waals surface area contributed by atoms with Crippen molar-refractivity contribution >= 4 is 27.5 Å². The van der Waals surface area contributed by atoms with E-state index < -0.39 is 27.4 Å². The van der Waals surface area contributed by atoms with Crippen LogP contribution in [-0.2, 0) is 26.2 Å². The van der Waals surface area contributed by atoms with Gasteiger partial charge in [0.05, 0.1) is 19.1 Å². The quantitative estimate of drug-likeness (QED) is 0.486. The molecule has 2 aromatic carbocycles. The summed E-state index contributed by atoms with van der Waals surface area (Å²) < 4.78 is 44.9. The van der Waals surface area contributed by atoms with Crippen LogP contribution in [0, 0.1) is 5.82 Å². The molecule has 0 spiro atoms. The first kappa shape index (κ1) is 29.1. The fourth-order valence-corrected chi connectivity index (χ4v) is 4.63. The van der Waals surface area contributed by atoms with E-state index in [0.29, 0.717) is 17.0 Å². The van der Waals surface area contributed by atoms with Crippen molar-refractivity contribution in [3.05, 3.63) is 59.9 Å². The summed E-state index contributed by atoms with van der Waals surface area (Å²) in [5.74, 6) is -0.624. The van der Waals surface area contributed by atoms with Crippen LogP contribution in [0.3, 0.4) is 0 Å². The highest BCUT2D eigenvalue weighted by Gasteiger charge is 2.29. The lowest BCUT2D eigenvalue weighted by Crippen LogP contribution is -2.52. The predicted octanol–water partition coefficient (Wildman–Crippen LogP) is 3.71. The molecular weight excluding hydrogens is 485 g/mol. The van der Waals surface area contributed by atoms with Gasteiger partial charge in [0, 0.05) is 25.0 Å². The summed E-state index contributed by atoms with van der Waals surface area (Å²) in [5.41, 5.74) is 0.573. The van der Waals surface area contributed by atoms with Gasteiger partial charge in [-0.15, -0.1) is 0 Å². The first-order valence-corrected chi connectivity index (χ1v) is 13.5. The van der Waals surface area contributed by atoms with Crippen LogP contribution in [0.2, 0.25) is 0 Å². The first-order chi connectivity index (χ1) is 16.7. The number of sulfonamides is 1. The molecule has 8 nitrogen and oxygen atoms in total. The van der Waals surface area contributed by atoms with Gasteiger partial charge in [-0.3, -0.25) is 13.9 Å². The molecule has 198 valence electrons. The van der Waals surface area contributed by atoms with E-state index in [1.165, 1.54) is 28.4 Å². The van der Waals surface area contributed by atoms with Gasteiger partial charge in [-0.1, -0.05) is 24.3 Å². The van der Waals surface area contributed by atoms with Gasteiger partial charge >= 0.3 is 0 Å². The summed E-state index contributed by atoms with van der Waals surface area (Å²) in [5, 5.41) is 2.88. The number of para-hydroxylation sites is 2. The molecule has 0 aliphatic heterocycles. The summed E-state index contributed by atoms with van der Waals surface area (Å²) in [6.07, 6.45) is 1.33. The van der Waals surface area contributed by atoms with Crippen LogP contribution in [-0.4, -0.2) is 56.6 Å². The zero-order valence-corrected chi connectivity index (χ0v) is 22.6. The molecule has 0 bridgehead atoms. The molecule has 0 heterocycles. The van der Waals surface area contributed by atoms with Crippen molar-refractivity contribution in [2.24, 2.45) is 0 Å². The summed E-state index contributed by atoms with van der Waals surface area (Å²) in [7, 11) is -2.18. The van der Waals surface area contributed by atoms with Crippen LogP contribution >= 0.6 is 0 Å². The van der Waals surface area contributed by atoms with Crippen molar-refractivity contribution in [3.63, 3.8) is 0 Å². The van der Waals surface area contributed by atoms with Crippen molar-refractivity contribution in [3.8, 4) is 5.75 Å². The average Bonchev–Trinajstić information content (AvgIpc) is 2.79. The molecule has 2 rings (SSSR count). The van der Waals surface area contributed by atoms with Crippen LogP contribution < -0.4 is 14.4 Å². The summed E-state index contributed by atoms with van der Waals surface area (Å²) in [6.45, 7) is 7.35. The van der Waals surface area contributed by atoms with Crippen LogP contribution in [0.1, 0.15) is 46.1 Å². The van der Waals surface area contributed by atoms with Crippen LogP contribution in [0.4, 0.5) is 10.1 Å². The minimum Gasteiger partial charge on any atom is -0.495 e. The number of nitrogens with zero attached hydrogens (tertiary/aromatic N) is 2. The van der Waals surface area contributed by atoms with Crippen LogP contribution in [0.15, 0.2) is 48.5 Å². The number of hydrogen-bond donors (Lipinski definition) is 1. The summed E-state index contributed by atoms with van der Waals surface area (Å²) >= 11 is 0. The number of amides is 2. The minimum absolute atomic E-state index is 0.00943. The average molecular weight is 522 g/mol. The number of carbonyl (C=O) groups is 2. The normalized spacial score (nSPS) is 12.5. The summed E-state index contributed by atoms with van der Waals surface area (Å²) in [6, 6.07) is 11.7. The lowest BCUT2D eigenvalue weighted by atomic mass is 10.1. The standard InChI is InChI=1S/C26H36FN3O5S/c1-19(25(32)28-26(2,3)4)29(18-20-13-15-21(27)16-14-20)24(31)12-9-17-30(36(6,33)34)22-10-7-8-11-23(22)35-5/h7-8,10-11,13-16,19H,9,12,17-18H2,1-6H3,(H,28,32)/t19-/m1/s1. The molecule has 0 saturated carbocycles. The van der Waals surface area contributed by atoms with Gasteiger partial charge in [-0.25, -0.2) is 12.8 Å². The zero-order valence-electron chi connectivity index (χ0n) is 21.7. The molecule has 0 radical (unpaired) electrons. The van der Waals surface area contributed by atoms with E-state index in [2.05, 4.69) is 5.32 Å². The predicted molar refractivity (Wildman–Crippen MR) is 139 cm³/mol. The molecule has 0 aromatic heterocycles. The molecule has 2 aromatic rings. The number of nitrogens with one attached hydrogen (secondary N) is 1. The molecule has 0 unspecified atom stereocenters. The van der Waals surface area contributed by atoms with Crippen molar-refractivity contribution in [2.45, 2.75) is 58.7 Å². The fraction of sp³-hybridized carbons (Fsp3) is 0.462. The zero-order chi connectivity index (χ0) is 27.1. The van der Waals surface area contributed by atoms with Gasteiger partial charge in [0.15, 0.2) is 0 Å². The lowest BCUT2D eigenvalue weighted by molar-refractivity contribution is -0.141. The molecule has 10 heteroatoms. The van der Waals surface area contributed by atoms with Gasteiger partial charge in [-0.05, 0) is 63.9 Å². The van der Waals surface area contributed by atoms with Crippen molar-refractivity contribution < 1.29 is 27.1 Å². The van der Waals surface area contributed by atoms with Gasteiger partial charge < -0.3 is 15.0 Å². The lowest BCUT2D eigenvalue weighted by Gasteiger charge is -2.32. The van der Waals surface area contributed by atoms with Gasteiger partial charge in [0.25, 0.3) is 0 Å². The molecule has 0 aliphatic rings. The SMILES string of the molecule is COc1ccccc1N(CCCC(=O)N(Cc1ccc(F)cc1)[C@H](C)C(=O)NC(C)(C)C)S(C)(=O)=O. The molecule has 36 heavy (non-hydrogen) atoms. The van der Waals surface area contributed by atoms with Crippen molar-refractivity contribution in [1.29, 1.82) is 0 Å². The number of ether oxygens (including phenoxy) is 1. The first-order valence-electron chi connectivity index (χ1n) is 11.7. The van der Waals surface area contributed by atoms with E-state index in [4.69, 9.17) is 4.74 Å². The van der Waals surface area contributed by atoms with E-state index in [9.17, 15) is 22.4 Å². The molecule has 0 fully saturated rings. The topological polar surface area (TPSA) is 96.0 Å². The second-order valence-electron chi connectivity index (χ2n) is 9.67. The number of benzene rings is 2. The Bertz CT molecular complexity index is 1150. The number of anilines is 1. The molecule has 1 N–H and O–H groups in total. The van der Waals surface area contributed by atoms with Crippen LogP contribution in [0.25, 0.3) is 0 Å². The smallest absolute Gasteiger partial charge is 0.242 e. The Balaban J connectivity index is 2.21. The Labute approximate surface area is 213 Å². The second kappa shape index (κ2) is 12.2. The Morgan fingerprint density at radius 2 is 1.69 bits per heavy atom. The number of halogens is 1. The fourth-order valence-electron chi connectivity index (χ4n) is 3.66. The Morgan fingerprint density at radius 1 is 1.08 bits per heavy atom. The van der Waals surface area contributed by atoms with Crippen molar-refractivity contribution in [1.82, 2.24) is 10.2 Å². The maximum absolute atomic E-state index is 13.4. The molecule has 0 saturated heterocycles. The number of rotatable bonds is 11. The van der Waals surface area contributed by atoms with Gasteiger partial charge in [-0.2, -0.15) is 0 Å². The number of hydrogen-bond acceptors (Lipinski definition) is 5. The van der Waals surface area contributed by atoms with E-state index in [1.54, 1.807) is 43.3 Å². The summed E-state index contributed by atoms with van der Waals surface area (Å²) in [4.78, 5) is 27.6. The highest BCUT2D eigenvalue weighted by molar-refractivity contribution is 7.92. The van der Waals surface area contributed by atoms with Crippen LogP contribution in [0.5, 0.6) is 5.75 Å². The highest BCUT2D eigenvalue weighted by atomic mass is 32.2. The second-order valence-corrected chi connectivity index (χ2v) is 11.6. The Kier molecular flexibility index (Phi) is 9.86. The van der Waals surface area contributed by atoms with E-state index >= 15 is 0 Å². The number of carbonyl (C=O) groups excluding carboxylic acids is 2. The minimum atomic E-state index is -3.64. The largest absolute Gasteiger partial charge is 0.495 e. The Morgan fingerprint density at radius 3 is 2.25 bits per heavy atom. The van der Waals surface area contributed by atoms with E-state index in [-0.39, 0.29) is 37.7 Å². The maximum Gasteiger partial charge on any atom is 0.242 e.